The highest BCUT2D eigenvalue weighted by atomic mass is 32.2. The summed E-state index contributed by atoms with van der Waals surface area (Å²) in [6.07, 6.45) is 4.92. The van der Waals surface area contributed by atoms with E-state index in [1.165, 1.54) is 25.1 Å². The number of benzene rings is 1. The predicted molar refractivity (Wildman–Crippen MR) is 95.3 cm³/mol. The average molecular weight is 367 g/mol. The van der Waals surface area contributed by atoms with Crippen molar-refractivity contribution in [2.75, 3.05) is 5.32 Å². The van der Waals surface area contributed by atoms with Crippen molar-refractivity contribution in [3.8, 4) is 0 Å². The SMILES string of the molecule is CC1(N)CCCCCCCC(=O)Nc2ccccc2S(=O)(=O)NC1=O. The maximum Gasteiger partial charge on any atom is 0.266 e. The van der Waals surface area contributed by atoms with Gasteiger partial charge in [-0.2, -0.15) is 0 Å². The van der Waals surface area contributed by atoms with Gasteiger partial charge in [0.05, 0.1) is 11.2 Å². The van der Waals surface area contributed by atoms with E-state index in [9.17, 15) is 18.0 Å². The number of carbonyl (C=O) groups excluding carboxylic acids is 2. The molecule has 1 aliphatic rings. The van der Waals surface area contributed by atoms with E-state index in [2.05, 4.69) is 5.32 Å². The van der Waals surface area contributed by atoms with Gasteiger partial charge in [0.2, 0.25) is 5.91 Å². The van der Waals surface area contributed by atoms with E-state index in [0.717, 1.165) is 32.1 Å². The number of sulfonamides is 1. The lowest BCUT2D eigenvalue weighted by Gasteiger charge is -2.23. The Bertz CT molecular complexity index is 744. The maximum absolute atomic E-state index is 12.6. The topological polar surface area (TPSA) is 118 Å². The molecule has 1 atom stereocenters. The van der Waals surface area contributed by atoms with Gasteiger partial charge in [0.15, 0.2) is 0 Å². The number of hydrogen-bond acceptors (Lipinski definition) is 5. The van der Waals surface area contributed by atoms with Gasteiger partial charge in [0.1, 0.15) is 4.90 Å². The maximum atomic E-state index is 12.6. The third-order valence-electron chi connectivity index (χ3n) is 4.30. The molecule has 0 aliphatic carbocycles. The molecule has 25 heavy (non-hydrogen) atoms. The molecule has 1 aromatic carbocycles. The molecule has 0 radical (unpaired) electrons. The highest BCUT2D eigenvalue weighted by Crippen LogP contribution is 2.23. The monoisotopic (exact) mass is 367 g/mol. The van der Waals surface area contributed by atoms with Crippen molar-refractivity contribution in [2.45, 2.75) is 62.3 Å². The van der Waals surface area contributed by atoms with Gasteiger partial charge in [-0.15, -0.1) is 0 Å². The summed E-state index contributed by atoms with van der Waals surface area (Å²) >= 11 is 0. The first-order valence-electron chi connectivity index (χ1n) is 8.47. The summed E-state index contributed by atoms with van der Waals surface area (Å²) in [5, 5.41) is 2.62. The molecule has 138 valence electrons. The molecule has 2 rings (SSSR count). The average Bonchev–Trinajstić information content (AvgIpc) is 2.53. The van der Waals surface area contributed by atoms with Crippen LogP contribution in [0.25, 0.3) is 0 Å². The minimum absolute atomic E-state index is 0.151. The number of para-hydroxylation sites is 1. The molecule has 2 amide bonds. The van der Waals surface area contributed by atoms with E-state index >= 15 is 0 Å². The molecule has 1 aromatic rings. The second-order valence-corrected chi connectivity index (χ2v) is 8.32. The predicted octanol–water partition coefficient (Wildman–Crippen LogP) is 1.89. The van der Waals surface area contributed by atoms with E-state index in [0.29, 0.717) is 12.8 Å². The molecule has 1 unspecified atom stereocenters. The van der Waals surface area contributed by atoms with Crippen molar-refractivity contribution >= 4 is 27.5 Å². The Morgan fingerprint density at radius 3 is 2.44 bits per heavy atom. The van der Waals surface area contributed by atoms with Crippen LogP contribution >= 0.6 is 0 Å². The molecular formula is C17H25N3O4S. The zero-order chi connectivity index (χ0) is 18.5. The number of nitrogens with one attached hydrogen (secondary N) is 2. The Labute approximate surface area is 148 Å². The van der Waals surface area contributed by atoms with Crippen LogP contribution in [0.4, 0.5) is 5.69 Å². The second kappa shape index (κ2) is 7.97. The summed E-state index contributed by atoms with van der Waals surface area (Å²) in [5.41, 5.74) is 4.90. The van der Waals surface area contributed by atoms with Crippen molar-refractivity contribution in [3.63, 3.8) is 0 Å². The number of anilines is 1. The molecule has 0 saturated carbocycles. The Morgan fingerprint density at radius 2 is 1.68 bits per heavy atom. The normalized spacial score (nSPS) is 25.7. The van der Waals surface area contributed by atoms with Crippen LogP contribution in [0, 0.1) is 0 Å². The molecule has 0 spiro atoms. The minimum atomic E-state index is -4.14. The summed E-state index contributed by atoms with van der Waals surface area (Å²) in [6, 6.07) is 6.00. The lowest BCUT2D eigenvalue weighted by molar-refractivity contribution is -0.124. The van der Waals surface area contributed by atoms with E-state index < -0.39 is 21.5 Å². The summed E-state index contributed by atoms with van der Waals surface area (Å²) in [7, 11) is -4.14. The first kappa shape index (κ1) is 19.4. The molecule has 7 nitrogen and oxygen atoms in total. The number of fused-ring (bicyclic) bond motifs is 1. The van der Waals surface area contributed by atoms with Gasteiger partial charge in [0, 0.05) is 6.42 Å². The molecule has 8 heteroatoms. The Morgan fingerprint density at radius 1 is 1.04 bits per heavy atom. The lowest BCUT2D eigenvalue weighted by Crippen LogP contribution is -2.53. The van der Waals surface area contributed by atoms with Crippen LogP contribution in [0.5, 0.6) is 0 Å². The third kappa shape index (κ3) is 5.27. The third-order valence-corrected chi connectivity index (χ3v) is 5.69. The second-order valence-electron chi connectivity index (χ2n) is 6.66. The van der Waals surface area contributed by atoms with Gasteiger partial charge in [0.25, 0.3) is 15.9 Å². The Kier molecular flexibility index (Phi) is 6.18. The first-order chi connectivity index (χ1) is 11.7. The van der Waals surface area contributed by atoms with Crippen molar-refractivity contribution in [1.29, 1.82) is 0 Å². The van der Waals surface area contributed by atoms with Crippen LogP contribution in [-0.2, 0) is 19.6 Å². The molecule has 0 bridgehead atoms. The zero-order valence-corrected chi connectivity index (χ0v) is 15.2. The molecule has 0 saturated heterocycles. The van der Waals surface area contributed by atoms with Crippen molar-refractivity contribution in [1.82, 2.24) is 4.72 Å². The van der Waals surface area contributed by atoms with Crippen molar-refractivity contribution in [3.05, 3.63) is 24.3 Å². The van der Waals surface area contributed by atoms with E-state index in [4.69, 9.17) is 5.73 Å². The molecule has 4 N–H and O–H groups in total. The summed E-state index contributed by atoms with van der Waals surface area (Å²) in [6.45, 7) is 1.53. The van der Waals surface area contributed by atoms with Gasteiger partial charge < -0.3 is 11.1 Å². The fourth-order valence-corrected chi connectivity index (χ4v) is 3.99. The smallest absolute Gasteiger partial charge is 0.266 e. The Hall–Kier alpha value is -1.93. The van der Waals surface area contributed by atoms with Crippen LogP contribution in [0.15, 0.2) is 29.2 Å². The fraction of sp³-hybridized carbons (Fsp3) is 0.529. The van der Waals surface area contributed by atoms with Gasteiger partial charge in [-0.3, -0.25) is 9.59 Å². The highest BCUT2D eigenvalue weighted by Gasteiger charge is 2.32. The van der Waals surface area contributed by atoms with Crippen LogP contribution in [0.3, 0.4) is 0 Å². The number of carbonyl (C=O) groups is 2. The van der Waals surface area contributed by atoms with E-state index in [-0.39, 0.29) is 16.5 Å². The van der Waals surface area contributed by atoms with Gasteiger partial charge in [-0.25, -0.2) is 13.1 Å². The number of nitrogens with two attached hydrogens (primary N) is 1. The number of rotatable bonds is 0. The molecular weight excluding hydrogens is 342 g/mol. The lowest BCUT2D eigenvalue weighted by atomic mass is 9.94. The zero-order valence-electron chi connectivity index (χ0n) is 14.4. The standard InChI is InChI=1S/C17H25N3O4S/c1-17(18)12-8-4-2-3-5-11-15(21)19-13-9-6-7-10-14(13)25(23,24)20-16(17)22/h6-7,9-10H,2-5,8,11-12,18H2,1H3,(H,19,21)(H,20,22). The van der Waals surface area contributed by atoms with Gasteiger partial charge in [-0.05, 0) is 31.9 Å². The van der Waals surface area contributed by atoms with Gasteiger partial charge in [-0.1, -0.05) is 37.8 Å². The summed E-state index contributed by atoms with van der Waals surface area (Å²) in [5.74, 6) is -0.990. The number of hydrogen-bond donors (Lipinski definition) is 3. The van der Waals surface area contributed by atoms with Crippen molar-refractivity contribution < 1.29 is 18.0 Å². The number of amides is 2. The molecule has 1 aliphatic heterocycles. The fourth-order valence-electron chi connectivity index (χ4n) is 2.73. The quantitative estimate of drug-likeness (QED) is 0.647. The van der Waals surface area contributed by atoms with Crippen LogP contribution < -0.4 is 15.8 Å². The Balaban J connectivity index is 2.35. The highest BCUT2D eigenvalue weighted by molar-refractivity contribution is 7.90. The van der Waals surface area contributed by atoms with Crippen molar-refractivity contribution in [2.24, 2.45) is 5.73 Å². The van der Waals surface area contributed by atoms with Gasteiger partial charge >= 0.3 is 0 Å². The van der Waals surface area contributed by atoms with Crippen LogP contribution in [0.1, 0.15) is 51.9 Å². The molecule has 1 heterocycles. The molecule has 0 aromatic heterocycles. The first-order valence-corrected chi connectivity index (χ1v) is 9.96. The van der Waals surface area contributed by atoms with E-state index in [1.807, 2.05) is 4.72 Å². The van der Waals surface area contributed by atoms with Crippen LogP contribution in [-0.4, -0.2) is 25.8 Å². The molecule has 0 fully saturated rings. The van der Waals surface area contributed by atoms with E-state index in [1.54, 1.807) is 6.07 Å². The minimum Gasteiger partial charge on any atom is -0.325 e. The summed E-state index contributed by atoms with van der Waals surface area (Å²) < 4.78 is 27.2. The largest absolute Gasteiger partial charge is 0.325 e. The summed E-state index contributed by atoms with van der Waals surface area (Å²) in [4.78, 5) is 24.3. The van der Waals surface area contributed by atoms with Crippen LogP contribution in [0.2, 0.25) is 0 Å².